The molecule has 0 aliphatic rings. The van der Waals surface area contributed by atoms with Crippen molar-refractivity contribution in [1.29, 1.82) is 0 Å². The van der Waals surface area contributed by atoms with Crippen molar-refractivity contribution in [2.24, 2.45) is 0 Å². The molecule has 0 fully saturated rings. The first-order valence-corrected chi connectivity index (χ1v) is 23.1. The third kappa shape index (κ3) is 8.98. The molecule has 0 radical (unpaired) electrons. The van der Waals surface area contributed by atoms with Gasteiger partial charge in [-0.25, -0.2) is 4.98 Å². The first-order valence-electron chi connectivity index (χ1n) is 26.1. The minimum absolute atomic E-state index is 0.0704. The van der Waals surface area contributed by atoms with Gasteiger partial charge in [-0.15, -0.1) is 0 Å². The lowest BCUT2D eigenvalue weighted by molar-refractivity contribution is 0.448. The minimum atomic E-state index is -2.60. The molecule has 4 nitrogen and oxygen atoms in total. The lowest BCUT2D eigenvalue weighted by Gasteiger charge is -2.23. The fourth-order valence-corrected chi connectivity index (χ4v) is 9.05. The zero-order valence-corrected chi connectivity index (χ0v) is 40.3. The number of nitrogens with zero attached hydrogens (tertiary/aromatic N) is 3. The fourth-order valence-electron chi connectivity index (χ4n) is 9.05. The highest BCUT2D eigenvalue weighted by Crippen LogP contribution is 2.44. The van der Waals surface area contributed by atoms with Crippen LogP contribution in [0.3, 0.4) is 0 Å². The minimum Gasteiger partial charge on any atom is -0.507 e. The molecule has 0 aliphatic carbocycles. The Balaban J connectivity index is 1.31. The van der Waals surface area contributed by atoms with Crippen LogP contribution in [0, 0.1) is 13.8 Å². The highest BCUT2D eigenvalue weighted by Gasteiger charge is 2.26. The third-order valence-electron chi connectivity index (χ3n) is 12.8. The van der Waals surface area contributed by atoms with E-state index < -0.39 is 29.9 Å². The summed E-state index contributed by atoms with van der Waals surface area (Å²) in [5, 5.41) is 12.4. The molecule has 2 heterocycles. The molecule has 2 aromatic heterocycles. The summed E-state index contributed by atoms with van der Waals surface area (Å²) in [6.45, 7) is 16.6. The van der Waals surface area contributed by atoms with Crippen molar-refractivity contribution >= 4 is 11.0 Å². The fraction of sp³-hybridized carbons (Fsp3) is 0.238. The van der Waals surface area contributed by atoms with Crippen molar-refractivity contribution in [3.63, 3.8) is 0 Å². The van der Waals surface area contributed by atoms with Crippen LogP contribution in [0.1, 0.15) is 122 Å². The Labute approximate surface area is 406 Å². The second kappa shape index (κ2) is 18.0. The summed E-state index contributed by atoms with van der Waals surface area (Å²) in [5.74, 6) is -2.20. The number of phenols is 1. The van der Waals surface area contributed by atoms with Crippen LogP contribution in [0.15, 0.2) is 158 Å². The van der Waals surface area contributed by atoms with Crippen LogP contribution in [0.2, 0.25) is 0 Å². The molecule has 336 valence electrons. The van der Waals surface area contributed by atoms with Crippen LogP contribution in [0.4, 0.5) is 0 Å². The number of aromatic nitrogens is 3. The molecule has 0 spiro atoms. The quantitative estimate of drug-likeness (QED) is 0.149. The molecule has 9 aromatic rings. The lowest BCUT2D eigenvalue weighted by atomic mass is 9.84. The Morgan fingerprint density at radius 3 is 1.85 bits per heavy atom. The summed E-state index contributed by atoms with van der Waals surface area (Å²) in [4.78, 5) is 10.4. The van der Waals surface area contributed by atoms with Gasteiger partial charge < -0.3 is 5.11 Å². The van der Waals surface area contributed by atoms with E-state index in [1.54, 1.807) is 6.07 Å². The maximum absolute atomic E-state index is 12.4. The average Bonchev–Trinajstić information content (AvgIpc) is 3.72. The van der Waals surface area contributed by atoms with Crippen molar-refractivity contribution in [2.75, 3.05) is 0 Å². The molecular weight excluding hydrogens is 815 g/mol. The number of fused-ring (bicyclic) bond motifs is 1. The van der Waals surface area contributed by atoms with Gasteiger partial charge in [-0.1, -0.05) is 159 Å². The van der Waals surface area contributed by atoms with E-state index in [0.29, 0.717) is 33.7 Å². The predicted molar refractivity (Wildman–Crippen MR) is 284 cm³/mol. The Bertz CT molecular complexity index is 3510. The molecule has 0 aliphatic heterocycles. The number of aromatic hydroxyl groups is 1. The summed E-state index contributed by atoms with van der Waals surface area (Å²) in [5.41, 5.74) is 14.5. The molecule has 9 rings (SSSR count). The van der Waals surface area contributed by atoms with Gasteiger partial charge in [0.2, 0.25) is 0 Å². The van der Waals surface area contributed by atoms with Gasteiger partial charge in [0.25, 0.3) is 0 Å². The van der Waals surface area contributed by atoms with Crippen molar-refractivity contribution in [2.45, 2.75) is 99.2 Å². The Morgan fingerprint density at radius 1 is 0.552 bits per heavy atom. The van der Waals surface area contributed by atoms with Gasteiger partial charge in [-0.2, -0.15) is 0 Å². The number of imidazole rings is 1. The van der Waals surface area contributed by atoms with E-state index in [9.17, 15) is 5.11 Å². The van der Waals surface area contributed by atoms with Gasteiger partial charge >= 0.3 is 0 Å². The third-order valence-corrected chi connectivity index (χ3v) is 12.8. The monoisotopic (exact) mass is 884 g/mol. The van der Waals surface area contributed by atoms with Crippen LogP contribution in [-0.4, -0.2) is 19.6 Å². The molecule has 1 N–H and O–H groups in total. The van der Waals surface area contributed by atoms with Crippen LogP contribution in [0.25, 0.3) is 83.9 Å². The number of para-hydroxylation sites is 1. The van der Waals surface area contributed by atoms with Crippen LogP contribution >= 0.6 is 0 Å². The number of benzene rings is 7. The number of hydrogen-bond donors (Lipinski definition) is 1. The Hall–Kier alpha value is -7.04. The number of rotatable bonds is 10. The highest BCUT2D eigenvalue weighted by atomic mass is 16.3. The first kappa shape index (κ1) is 38.1. The molecule has 0 bridgehead atoms. The van der Waals surface area contributed by atoms with Crippen molar-refractivity contribution < 1.29 is 13.3 Å². The number of hydrogen-bond acceptors (Lipinski definition) is 3. The maximum Gasteiger partial charge on any atom is 0.149 e. The van der Waals surface area contributed by atoms with Crippen molar-refractivity contribution in [1.82, 2.24) is 14.5 Å². The molecule has 0 saturated carbocycles. The SMILES string of the molecule is [2H]C([2H])([2H])c1cc(-c2cc(C([2H])(C)C)cc(C([2H])(C)C)c2)ccc1-n1c(-c2cc(C)cc(C(C)(C)C)c2O)nc2c(-c3cc(-c4ccccc4)cc(-c4cc(-c5ccc(C([2H])(C)C)cc5)ccn4)c3)cccc21. The average molecular weight is 884 g/mol. The second-order valence-corrected chi connectivity index (χ2v) is 19.6. The molecule has 4 heteroatoms. The largest absolute Gasteiger partial charge is 0.507 e. The summed E-state index contributed by atoms with van der Waals surface area (Å²) in [6.07, 6.45) is 1.83. The maximum atomic E-state index is 12.4. The van der Waals surface area contributed by atoms with Crippen molar-refractivity contribution in [3.05, 3.63) is 191 Å². The Morgan fingerprint density at radius 2 is 1.18 bits per heavy atom. The summed E-state index contributed by atoms with van der Waals surface area (Å²) < 4.78 is 55.6. The van der Waals surface area contributed by atoms with Gasteiger partial charge in [0.1, 0.15) is 11.6 Å². The topological polar surface area (TPSA) is 50.9 Å². The van der Waals surface area contributed by atoms with Gasteiger partial charge in [-0.05, 0) is 158 Å². The van der Waals surface area contributed by atoms with Gasteiger partial charge in [0, 0.05) is 31.1 Å². The van der Waals surface area contributed by atoms with E-state index in [1.165, 1.54) is 0 Å². The number of aryl methyl sites for hydroxylation is 2. The predicted octanol–water partition coefficient (Wildman–Crippen LogP) is 17.4. The highest BCUT2D eigenvalue weighted by molar-refractivity contribution is 5.98. The normalized spacial score (nSPS) is 13.9. The molecule has 0 atom stereocenters. The van der Waals surface area contributed by atoms with E-state index in [0.717, 1.165) is 78.0 Å². The van der Waals surface area contributed by atoms with Gasteiger partial charge in [-0.3, -0.25) is 9.55 Å². The van der Waals surface area contributed by atoms with Crippen LogP contribution in [-0.2, 0) is 5.41 Å². The Kier molecular flexibility index (Phi) is 10.2. The number of phenolic OH excluding ortho intramolecular Hbond substituents is 1. The van der Waals surface area contributed by atoms with Crippen molar-refractivity contribution in [3.8, 4) is 78.6 Å². The van der Waals surface area contributed by atoms with E-state index in [1.807, 2.05) is 156 Å². The molecule has 0 unspecified atom stereocenters. The summed E-state index contributed by atoms with van der Waals surface area (Å²) in [7, 11) is 0. The number of pyridine rings is 1. The first-order chi connectivity index (χ1) is 34.1. The van der Waals surface area contributed by atoms with E-state index in [2.05, 4.69) is 69.3 Å². The second-order valence-electron chi connectivity index (χ2n) is 19.6. The molecule has 67 heavy (non-hydrogen) atoms. The van der Waals surface area contributed by atoms with Crippen LogP contribution in [0.5, 0.6) is 5.75 Å². The van der Waals surface area contributed by atoms with Gasteiger partial charge in [0.15, 0.2) is 0 Å². The lowest BCUT2D eigenvalue weighted by Crippen LogP contribution is -2.12. The summed E-state index contributed by atoms with van der Waals surface area (Å²) in [6, 6.07) is 49.9. The van der Waals surface area contributed by atoms with E-state index in [-0.39, 0.29) is 11.3 Å². The van der Waals surface area contributed by atoms with Crippen LogP contribution < -0.4 is 0 Å². The molecule has 0 saturated heterocycles. The van der Waals surface area contributed by atoms with E-state index in [4.69, 9.17) is 18.2 Å². The van der Waals surface area contributed by atoms with E-state index >= 15 is 0 Å². The van der Waals surface area contributed by atoms with Gasteiger partial charge in [0.05, 0.1) is 28.0 Å². The smallest absolute Gasteiger partial charge is 0.149 e. The molecule has 0 amide bonds. The standard InChI is InChI=1S/C63H63N3O/c1-38(2)43-20-22-45(23-21-43)47-26-27-64-57(37-47)53-35-50(44-16-13-12-14-17-44)34-52(36-53)54-18-15-19-59-60(54)65-62(55-28-41(7)29-56(61(55)67)63(9,10)11)66(59)58-25-24-46(30-42(58)8)51-32-48(39(3)4)31-49(33-51)40(5)6/h12-40,67H,1-11H3/i8D3,38D,39D,40D. The zero-order valence-electron chi connectivity index (χ0n) is 46.3. The molecular formula is C63H63N3O. The zero-order chi connectivity index (χ0) is 52.6. The molecule has 7 aromatic carbocycles. The summed E-state index contributed by atoms with van der Waals surface area (Å²) >= 11 is 0.